The van der Waals surface area contributed by atoms with Gasteiger partial charge in [0.15, 0.2) is 0 Å². The fourth-order valence-corrected chi connectivity index (χ4v) is 8.15. The molecule has 4 aliphatic rings. The Morgan fingerprint density at radius 3 is 2.39 bits per heavy atom. The smallest absolute Gasteiger partial charge is 0.401 e. The molecule has 1 saturated heterocycles. The van der Waals surface area contributed by atoms with Gasteiger partial charge in [0.1, 0.15) is 17.8 Å². The van der Waals surface area contributed by atoms with Gasteiger partial charge in [-0.05, 0) is 94.4 Å². The van der Waals surface area contributed by atoms with Crippen molar-refractivity contribution in [1.82, 2.24) is 4.90 Å². The topological polar surface area (TPSA) is 46.4 Å². The Hall–Kier alpha value is -4.52. The van der Waals surface area contributed by atoms with E-state index in [-0.39, 0.29) is 18.2 Å². The van der Waals surface area contributed by atoms with Gasteiger partial charge in [-0.3, -0.25) is 0 Å². The maximum absolute atomic E-state index is 6.76. The molecule has 0 aromatic heterocycles. The van der Waals surface area contributed by atoms with E-state index in [2.05, 4.69) is 155 Å². The molecule has 8 rings (SSSR count). The SMILES string of the molecule is CC(C)C1OB(C2=CC(c3cc4ccccc4c4ccccc34)=CC(C3=NC(c4ccccc4)N(C)C(C4=CC=CCC4)=N3)C2)OC1(C)C. The molecule has 0 N–H and O–H groups in total. The Bertz CT molecular complexity index is 2110. The molecule has 1 fully saturated rings. The summed E-state index contributed by atoms with van der Waals surface area (Å²) in [5, 5.41) is 4.97. The third-order valence-corrected chi connectivity index (χ3v) is 10.4. The van der Waals surface area contributed by atoms with Crippen LogP contribution >= 0.6 is 0 Å². The Labute approximate surface area is 290 Å². The molecule has 0 saturated carbocycles. The van der Waals surface area contributed by atoms with Gasteiger partial charge in [-0.2, -0.15) is 0 Å². The number of benzene rings is 4. The third-order valence-electron chi connectivity index (χ3n) is 10.4. The number of amidine groups is 2. The summed E-state index contributed by atoms with van der Waals surface area (Å²) in [7, 11) is 1.69. The normalized spacial score (nSPS) is 23.8. The monoisotopic (exact) mass is 645 g/mol. The quantitative estimate of drug-likeness (QED) is 0.155. The van der Waals surface area contributed by atoms with E-state index in [1.54, 1.807) is 0 Å². The number of hydrogen-bond donors (Lipinski definition) is 0. The van der Waals surface area contributed by atoms with Gasteiger partial charge in [0.25, 0.3) is 0 Å². The molecular weight excluding hydrogens is 601 g/mol. The van der Waals surface area contributed by atoms with Crippen LogP contribution < -0.4 is 0 Å². The van der Waals surface area contributed by atoms with Crippen LogP contribution in [0.1, 0.15) is 64.3 Å². The van der Waals surface area contributed by atoms with Gasteiger partial charge < -0.3 is 14.2 Å². The van der Waals surface area contributed by atoms with Gasteiger partial charge in [0.2, 0.25) is 0 Å². The van der Waals surface area contributed by atoms with Gasteiger partial charge in [0.05, 0.1) is 11.7 Å². The minimum atomic E-state index is -0.438. The number of allylic oxidation sites excluding steroid dienone is 6. The summed E-state index contributed by atoms with van der Waals surface area (Å²) in [6.45, 7) is 8.73. The highest BCUT2D eigenvalue weighted by Gasteiger charge is 2.49. The first kappa shape index (κ1) is 31.7. The molecule has 2 aliphatic heterocycles. The second kappa shape index (κ2) is 12.7. The van der Waals surface area contributed by atoms with Crippen molar-refractivity contribution in [3.8, 4) is 0 Å². The first-order valence-electron chi connectivity index (χ1n) is 17.7. The van der Waals surface area contributed by atoms with E-state index in [0.29, 0.717) is 5.92 Å². The maximum Gasteiger partial charge on any atom is 0.490 e. The number of nitrogens with zero attached hydrogens (tertiary/aromatic N) is 3. The fourth-order valence-electron chi connectivity index (χ4n) is 8.15. The molecule has 2 heterocycles. The lowest BCUT2D eigenvalue weighted by atomic mass is 9.69. The van der Waals surface area contributed by atoms with Crippen molar-refractivity contribution in [3.63, 3.8) is 0 Å². The molecule has 0 bridgehead atoms. The van der Waals surface area contributed by atoms with E-state index in [1.165, 1.54) is 32.7 Å². The zero-order chi connectivity index (χ0) is 33.7. The van der Waals surface area contributed by atoms with E-state index in [4.69, 9.17) is 19.3 Å². The molecule has 3 atom stereocenters. The summed E-state index contributed by atoms with van der Waals surface area (Å²) in [5.74, 6) is 2.11. The highest BCUT2D eigenvalue weighted by atomic mass is 16.7. The average Bonchev–Trinajstić information content (AvgIpc) is 3.47. The molecule has 4 aromatic carbocycles. The minimum absolute atomic E-state index is 0.00764. The summed E-state index contributed by atoms with van der Waals surface area (Å²) in [4.78, 5) is 13.1. The van der Waals surface area contributed by atoms with Crippen molar-refractivity contribution in [3.05, 3.63) is 137 Å². The lowest BCUT2D eigenvalue weighted by Crippen LogP contribution is -2.38. The molecule has 49 heavy (non-hydrogen) atoms. The van der Waals surface area contributed by atoms with Gasteiger partial charge in [-0.25, -0.2) is 9.98 Å². The van der Waals surface area contributed by atoms with Crippen molar-refractivity contribution < 1.29 is 9.31 Å². The van der Waals surface area contributed by atoms with Crippen molar-refractivity contribution in [2.24, 2.45) is 21.8 Å². The first-order valence-corrected chi connectivity index (χ1v) is 17.7. The summed E-state index contributed by atoms with van der Waals surface area (Å²) in [5.41, 5.74) is 5.49. The fraction of sp³-hybridized carbons (Fsp3) is 0.302. The van der Waals surface area contributed by atoms with Crippen LogP contribution in [-0.2, 0) is 9.31 Å². The Morgan fingerprint density at radius 1 is 0.918 bits per heavy atom. The zero-order valence-corrected chi connectivity index (χ0v) is 29.1. The lowest BCUT2D eigenvalue weighted by Gasteiger charge is -2.35. The van der Waals surface area contributed by atoms with E-state index in [9.17, 15) is 0 Å². The van der Waals surface area contributed by atoms with Gasteiger partial charge >= 0.3 is 7.12 Å². The lowest BCUT2D eigenvalue weighted by molar-refractivity contribution is 0.0438. The molecule has 3 unspecified atom stereocenters. The van der Waals surface area contributed by atoms with Crippen LogP contribution in [0.5, 0.6) is 0 Å². The van der Waals surface area contributed by atoms with E-state index in [0.717, 1.165) is 47.5 Å². The molecule has 6 heteroatoms. The van der Waals surface area contributed by atoms with E-state index in [1.807, 2.05) is 0 Å². The Morgan fingerprint density at radius 2 is 1.65 bits per heavy atom. The Balaban J connectivity index is 1.30. The Kier molecular flexibility index (Phi) is 8.25. The first-order chi connectivity index (χ1) is 23.8. The van der Waals surface area contributed by atoms with Crippen LogP contribution in [-0.4, -0.2) is 42.4 Å². The third kappa shape index (κ3) is 5.91. The summed E-state index contributed by atoms with van der Waals surface area (Å²) in [6, 6.07) is 30.4. The number of hydrogen-bond acceptors (Lipinski definition) is 5. The second-order valence-electron chi connectivity index (χ2n) is 14.7. The number of aliphatic imine (C=N–C) groups is 2. The van der Waals surface area contributed by atoms with Crippen molar-refractivity contribution >= 4 is 45.9 Å². The highest BCUT2D eigenvalue weighted by molar-refractivity contribution is 6.55. The standard InChI is InChI=1S/C43H44BN3O2/c1-28(2)39-43(3,4)49-44(48-39)34-25-32(38-27-31-20-12-13-21-35(31)36-22-14-15-23-37(36)38)24-33(26-34)40-45-41(29-16-8-6-9-17-29)47(5)42(46-40)30-18-10-7-11-19-30/h6-10,12-18,20-25,27-28,33,39,41H,11,19,26H2,1-5H3. The highest BCUT2D eigenvalue weighted by Crippen LogP contribution is 2.42. The van der Waals surface area contributed by atoms with Crippen molar-refractivity contribution in [2.45, 2.75) is 64.8 Å². The van der Waals surface area contributed by atoms with Crippen LogP contribution in [0.4, 0.5) is 0 Å². The molecule has 5 nitrogen and oxygen atoms in total. The van der Waals surface area contributed by atoms with Gasteiger partial charge in [0, 0.05) is 13.0 Å². The van der Waals surface area contributed by atoms with E-state index >= 15 is 0 Å². The van der Waals surface area contributed by atoms with Crippen LogP contribution in [0, 0.1) is 11.8 Å². The zero-order valence-electron chi connectivity index (χ0n) is 29.1. The molecule has 0 amide bonds. The number of fused-ring (bicyclic) bond motifs is 3. The van der Waals surface area contributed by atoms with Gasteiger partial charge in [-0.1, -0.05) is 123 Å². The predicted octanol–water partition coefficient (Wildman–Crippen LogP) is 9.92. The summed E-state index contributed by atoms with van der Waals surface area (Å²) in [6.07, 6.45) is 13.8. The largest absolute Gasteiger partial charge is 0.490 e. The number of rotatable bonds is 6. The van der Waals surface area contributed by atoms with Crippen LogP contribution in [0.25, 0.3) is 27.1 Å². The van der Waals surface area contributed by atoms with Crippen LogP contribution in [0.2, 0.25) is 0 Å². The molecule has 0 radical (unpaired) electrons. The van der Waals surface area contributed by atoms with Crippen molar-refractivity contribution in [2.75, 3.05) is 7.05 Å². The molecule has 246 valence electrons. The molecule has 2 aliphatic carbocycles. The summed E-state index contributed by atoms with van der Waals surface area (Å²) < 4.78 is 13.5. The number of likely N-dealkylation sites (N-methyl/N-ethyl adjacent to an activating group) is 1. The average molecular weight is 646 g/mol. The predicted molar refractivity (Wildman–Crippen MR) is 205 cm³/mol. The molecular formula is C43H44BN3O2. The minimum Gasteiger partial charge on any atom is -0.401 e. The van der Waals surface area contributed by atoms with Gasteiger partial charge in [-0.15, -0.1) is 0 Å². The molecule has 4 aromatic rings. The van der Waals surface area contributed by atoms with Crippen LogP contribution in [0.3, 0.4) is 0 Å². The summed E-state index contributed by atoms with van der Waals surface area (Å²) >= 11 is 0. The second-order valence-corrected chi connectivity index (χ2v) is 14.7. The maximum atomic E-state index is 6.76. The molecule has 0 spiro atoms. The van der Waals surface area contributed by atoms with Crippen molar-refractivity contribution in [1.29, 1.82) is 0 Å². The van der Waals surface area contributed by atoms with E-state index < -0.39 is 12.7 Å². The van der Waals surface area contributed by atoms with Crippen LogP contribution in [0.15, 0.2) is 136 Å².